The van der Waals surface area contributed by atoms with Crippen LogP contribution < -0.4 is 4.90 Å². The first-order chi connectivity index (χ1) is 8.49. The molecule has 1 heterocycles. The normalized spacial score (nSPS) is 11.3. The van der Waals surface area contributed by atoms with Gasteiger partial charge < -0.3 is 4.90 Å². The van der Waals surface area contributed by atoms with Crippen molar-refractivity contribution in [2.24, 2.45) is 5.92 Å². The molecule has 1 aromatic heterocycles. The Labute approximate surface area is 127 Å². The maximum absolute atomic E-state index is 4.58. The molecule has 0 amide bonds. The van der Waals surface area contributed by atoms with Crippen LogP contribution in [0, 0.1) is 5.92 Å². The van der Waals surface area contributed by atoms with E-state index in [4.69, 9.17) is 0 Å². The predicted molar refractivity (Wildman–Crippen MR) is 86.2 cm³/mol. The van der Waals surface area contributed by atoms with Crippen LogP contribution in [0.2, 0.25) is 0 Å². The Balaban J connectivity index is 3.08. The lowest BCUT2D eigenvalue weighted by Gasteiger charge is -2.33. The van der Waals surface area contributed by atoms with Gasteiger partial charge in [0.2, 0.25) is 0 Å². The molecule has 0 unspecified atom stereocenters. The third kappa shape index (κ3) is 4.23. The molecule has 4 heteroatoms. The topological polar surface area (TPSA) is 16.1 Å². The second-order valence-corrected chi connectivity index (χ2v) is 6.75. The summed E-state index contributed by atoms with van der Waals surface area (Å²) in [5.74, 6) is 1.68. The maximum atomic E-state index is 4.58. The van der Waals surface area contributed by atoms with Crippen LogP contribution in [0.1, 0.15) is 40.5 Å². The summed E-state index contributed by atoms with van der Waals surface area (Å²) in [4.78, 5) is 7.01. The van der Waals surface area contributed by atoms with Crippen molar-refractivity contribution in [3.8, 4) is 0 Å². The molecule has 0 fully saturated rings. The molecule has 0 aliphatic rings. The number of anilines is 1. The zero-order valence-electron chi connectivity index (χ0n) is 11.6. The third-order valence-electron chi connectivity index (χ3n) is 3.01. The van der Waals surface area contributed by atoms with E-state index < -0.39 is 0 Å². The molecule has 18 heavy (non-hydrogen) atoms. The number of hydrogen-bond acceptors (Lipinski definition) is 2. The number of nitrogens with zero attached hydrogens (tertiary/aromatic N) is 2. The van der Waals surface area contributed by atoms with Crippen molar-refractivity contribution in [2.75, 3.05) is 11.4 Å². The van der Waals surface area contributed by atoms with Crippen molar-refractivity contribution in [1.29, 1.82) is 0 Å². The zero-order valence-corrected chi connectivity index (χ0v) is 14.8. The van der Waals surface area contributed by atoms with Crippen LogP contribution in [0.3, 0.4) is 0 Å². The van der Waals surface area contributed by atoms with Crippen LogP contribution in [-0.4, -0.2) is 17.6 Å². The van der Waals surface area contributed by atoms with Crippen molar-refractivity contribution in [1.82, 2.24) is 4.98 Å². The predicted octanol–water partition coefficient (Wildman–Crippen LogP) is 5.26. The average Bonchev–Trinajstić information content (AvgIpc) is 2.29. The number of aromatic nitrogens is 1. The number of pyridine rings is 1. The third-order valence-corrected chi connectivity index (χ3v) is 4.02. The van der Waals surface area contributed by atoms with Gasteiger partial charge >= 0.3 is 0 Å². The quantitative estimate of drug-likeness (QED) is 0.672. The van der Waals surface area contributed by atoms with E-state index in [1.165, 1.54) is 0 Å². The van der Waals surface area contributed by atoms with E-state index in [2.05, 4.69) is 75.5 Å². The number of hydrogen-bond donors (Lipinski definition) is 0. The van der Waals surface area contributed by atoms with Gasteiger partial charge in [-0.05, 0) is 56.7 Å². The fraction of sp³-hybridized carbons (Fsp3) is 0.643. The minimum Gasteiger partial charge on any atom is -0.352 e. The molecule has 1 rings (SSSR count). The fourth-order valence-electron chi connectivity index (χ4n) is 2.15. The Morgan fingerprint density at radius 3 is 2.28 bits per heavy atom. The highest BCUT2D eigenvalue weighted by Gasteiger charge is 2.20. The van der Waals surface area contributed by atoms with Gasteiger partial charge in [0.15, 0.2) is 0 Å². The first-order valence-electron chi connectivity index (χ1n) is 6.57. The maximum Gasteiger partial charge on any atom is 0.143 e. The summed E-state index contributed by atoms with van der Waals surface area (Å²) < 4.78 is 2.07. The van der Waals surface area contributed by atoms with Gasteiger partial charge in [-0.3, -0.25) is 0 Å². The summed E-state index contributed by atoms with van der Waals surface area (Å²) in [6, 6.07) is 2.62. The highest BCUT2D eigenvalue weighted by molar-refractivity contribution is 9.11. The second-order valence-electron chi connectivity index (χ2n) is 4.98. The van der Waals surface area contributed by atoms with Crippen molar-refractivity contribution < 1.29 is 0 Å². The van der Waals surface area contributed by atoms with Gasteiger partial charge in [0, 0.05) is 23.3 Å². The van der Waals surface area contributed by atoms with Crippen molar-refractivity contribution >= 4 is 37.7 Å². The van der Waals surface area contributed by atoms with Gasteiger partial charge in [0.25, 0.3) is 0 Å². The summed E-state index contributed by atoms with van der Waals surface area (Å²) >= 11 is 7.09. The van der Waals surface area contributed by atoms with E-state index in [0.29, 0.717) is 12.0 Å². The SMILES string of the molecule is CCC(CC)N(CC(C)C)c1ncc(Br)cc1Br. The highest BCUT2D eigenvalue weighted by Crippen LogP contribution is 2.30. The summed E-state index contributed by atoms with van der Waals surface area (Å²) in [6.07, 6.45) is 4.16. The Morgan fingerprint density at radius 1 is 1.22 bits per heavy atom. The Bertz CT molecular complexity index is 376. The van der Waals surface area contributed by atoms with Gasteiger partial charge in [-0.25, -0.2) is 4.98 Å². The molecule has 1 aromatic rings. The van der Waals surface area contributed by atoms with Gasteiger partial charge in [0.1, 0.15) is 5.82 Å². The first kappa shape index (κ1) is 16.0. The number of halogens is 2. The van der Waals surface area contributed by atoms with Crippen LogP contribution in [0.15, 0.2) is 21.2 Å². The van der Waals surface area contributed by atoms with Gasteiger partial charge in [-0.2, -0.15) is 0 Å². The molecule has 0 aliphatic carbocycles. The summed E-state index contributed by atoms with van der Waals surface area (Å²) in [5, 5.41) is 0. The van der Waals surface area contributed by atoms with Crippen molar-refractivity contribution in [3.05, 3.63) is 21.2 Å². The first-order valence-corrected chi connectivity index (χ1v) is 8.15. The molecular formula is C14H22Br2N2. The number of rotatable bonds is 6. The van der Waals surface area contributed by atoms with Gasteiger partial charge in [-0.15, -0.1) is 0 Å². The summed E-state index contributed by atoms with van der Waals surface area (Å²) in [6.45, 7) is 10.0. The van der Waals surface area contributed by atoms with Crippen molar-refractivity contribution in [2.45, 2.75) is 46.6 Å². The monoisotopic (exact) mass is 376 g/mol. The molecule has 102 valence electrons. The van der Waals surface area contributed by atoms with E-state index >= 15 is 0 Å². The van der Waals surface area contributed by atoms with Crippen LogP contribution in [0.5, 0.6) is 0 Å². The summed E-state index contributed by atoms with van der Waals surface area (Å²) in [5.41, 5.74) is 0. The molecule has 0 saturated heterocycles. The lowest BCUT2D eigenvalue weighted by molar-refractivity contribution is 0.502. The van der Waals surface area contributed by atoms with E-state index in [9.17, 15) is 0 Å². The average molecular weight is 378 g/mol. The Kier molecular flexibility index (Phi) is 6.64. The van der Waals surface area contributed by atoms with E-state index in [1.54, 1.807) is 0 Å². The minimum absolute atomic E-state index is 0.553. The van der Waals surface area contributed by atoms with E-state index in [1.807, 2.05) is 6.20 Å². The molecule has 0 atom stereocenters. The molecule has 0 aliphatic heterocycles. The van der Waals surface area contributed by atoms with Crippen LogP contribution in [-0.2, 0) is 0 Å². The molecule has 0 N–H and O–H groups in total. The lowest BCUT2D eigenvalue weighted by Crippen LogP contribution is -2.38. The Hall–Kier alpha value is -0.0900. The lowest BCUT2D eigenvalue weighted by atomic mass is 10.1. The van der Waals surface area contributed by atoms with Crippen molar-refractivity contribution in [3.63, 3.8) is 0 Å². The van der Waals surface area contributed by atoms with Gasteiger partial charge in [-0.1, -0.05) is 27.7 Å². The van der Waals surface area contributed by atoms with Gasteiger partial charge in [0.05, 0.1) is 4.47 Å². The summed E-state index contributed by atoms with van der Waals surface area (Å²) in [7, 11) is 0. The molecule has 0 aromatic carbocycles. The molecule has 0 saturated carbocycles. The van der Waals surface area contributed by atoms with Crippen LogP contribution in [0.25, 0.3) is 0 Å². The van der Waals surface area contributed by atoms with E-state index in [-0.39, 0.29) is 0 Å². The Morgan fingerprint density at radius 2 is 1.83 bits per heavy atom. The molecule has 2 nitrogen and oxygen atoms in total. The zero-order chi connectivity index (χ0) is 13.7. The largest absolute Gasteiger partial charge is 0.352 e. The fourth-order valence-corrected chi connectivity index (χ4v) is 3.37. The van der Waals surface area contributed by atoms with Crippen LogP contribution >= 0.6 is 31.9 Å². The molecule has 0 bridgehead atoms. The molecule has 0 radical (unpaired) electrons. The molecular weight excluding hydrogens is 356 g/mol. The standard InChI is InChI=1S/C14H22Br2N2/c1-5-12(6-2)18(9-10(3)4)14-13(16)7-11(15)8-17-14/h7-8,10,12H,5-6,9H2,1-4H3. The van der Waals surface area contributed by atoms with E-state index in [0.717, 1.165) is 34.1 Å². The van der Waals surface area contributed by atoms with Crippen LogP contribution in [0.4, 0.5) is 5.82 Å². The second kappa shape index (κ2) is 7.49. The smallest absolute Gasteiger partial charge is 0.143 e. The highest BCUT2D eigenvalue weighted by atomic mass is 79.9. The molecule has 0 spiro atoms. The minimum atomic E-state index is 0.553.